The molecule has 0 aliphatic carbocycles. The summed E-state index contributed by atoms with van der Waals surface area (Å²) in [6.45, 7) is 4.05. The minimum Gasteiger partial charge on any atom is -0.350 e. The molecule has 0 saturated heterocycles. The minimum absolute atomic E-state index is 0.302. The van der Waals surface area contributed by atoms with Crippen LogP contribution in [0.3, 0.4) is 0 Å². The van der Waals surface area contributed by atoms with E-state index in [2.05, 4.69) is 21.2 Å². The van der Waals surface area contributed by atoms with Crippen LogP contribution in [0.1, 0.15) is 16.0 Å². The van der Waals surface area contributed by atoms with E-state index in [0.717, 1.165) is 20.6 Å². The zero-order valence-electron chi connectivity index (χ0n) is 15.3. The first-order valence-electron chi connectivity index (χ1n) is 8.72. The zero-order chi connectivity index (χ0) is 19.8. The maximum absolute atomic E-state index is 13.3. The molecule has 2 amide bonds. The Hall–Kier alpha value is -2.70. The number of hydrogen-bond donors (Lipinski definition) is 1. The molecule has 2 aromatic carbocycles. The van der Waals surface area contributed by atoms with Crippen molar-refractivity contribution >= 4 is 56.0 Å². The summed E-state index contributed by atoms with van der Waals surface area (Å²) in [5.41, 5.74) is 4.31. The van der Waals surface area contributed by atoms with Crippen LogP contribution in [-0.2, 0) is 9.59 Å². The summed E-state index contributed by atoms with van der Waals surface area (Å²) in [6, 6.07) is 16.8. The Morgan fingerprint density at radius 1 is 0.929 bits per heavy atom. The number of carbonyl (C=O) groups is 2. The summed E-state index contributed by atoms with van der Waals surface area (Å²) in [5, 5.41) is 5.10. The van der Waals surface area contributed by atoms with Crippen LogP contribution < -0.4 is 10.2 Å². The SMILES string of the molecule is Cc1ccc(NC2=C(c3cccs3)C(=O)N(c3cccc(Br)c3)C2=O)cc1C. The number of anilines is 2. The van der Waals surface area contributed by atoms with Gasteiger partial charge in [0.25, 0.3) is 11.8 Å². The Kier molecular flexibility index (Phi) is 4.91. The number of aryl methyl sites for hydroxylation is 2. The minimum atomic E-state index is -0.357. The number of hydrogen-bond acceptors (Lipinski definition) is 4. The molecule has 1 aromatic heterocycles. The van der Waals surface area contributed by atoms with Gasteiger partial charge >= 0.3 is 0 Å². The summed E-state index contributed by atoms with van der Waals surface area (Å²) >= 11 is 4.85. The second-order valence-corrected chi connectivity index (χ2v) is 8.44. The fourth-order valence-electron chi connectivity index (χ4n) is 3.11. The average Bonchev–Trinajstić information content (AvgIpc) is 3.25. The molecule has 0 saturated carbocycles. The zero-order valence-corrected chi connectivity index (χ0v) is 17.7. The Labute approximate surface area is 175 Å². The third-order valence-electron chi connectivity index (χ3n) is 4.69. The normalized spacial score (nSPS) is 14.2. The molecular formula is C22H17BrN2O2S. The number of nitrogens with zero attached hydrogens (tertiary/aromatic N) is 1. The van der Waals surface area contributed by atoms with Gasteiger partial charge < -0.3 is 5.32 Å². The Morgan fingerprint density at radius 2 is 1.75 bits per heavy atom. The number of rotatable bonds is 4. The highest BCUT2D eigenvalue weighted by molar-refractivity contribution is 9.10. The van der Waals surface area contributed by atoms with Crippen LogP contribution >= 0.6 is 27.3 Å². The lowest BCUT2D eigenvalue weighted by Crippen LogP contribution is -2.32. The smallest absolute Gasteiger partial charge is 0.282 e. The van der Waals surface area contributed by atoms with Crippen molar-refractivity contribution < 1.29 is 9.59 Å². The number of amides is 2. The van der Waals surface area contributed by atoms with Gasteiger partial charge in [0.05, 0.1) is 11.3 Å². The van der Waals surface area contributed by atoms with Gasteiger partial charge in [0, 0.05) is 15.0 Å². The predicted octanol–water partition coefficient (Wildman–Crippen LogP) is 5.52. The quantitative estimate of drug-likeness (QED) is 0.529. The molecule has 0 atom stereocenters. The van der Waals surface area contributed by atoms with Crippen molar-refractivity contribution in [3.63, 3.8) is 0 Å². The molecule has 1 aliphatic rings. The topological polar surface area (TPSA) is 49.4 Å². The van der Waals surface area contributed by atoms with Crippen molar-refractivity contribution in [1.29, 1.82) is 0 Å². The van der Waals surface area contributed by atoms with Crippen LogP contribution in [0.4, 0.5) is 11.4 Å². The fraction of sp³-hybridized carbons (Fsp3) is 0.0909. The lowest BCUT2D eigenvalue weighted by atomic mass is 10.1. The first-order valence-corrected chi connectivity index (χ1v) is 10.4. The number of nitrogens with one attached hydrogen (secondary N) is 1. The number of halogens is 1. The van der Waals surface area contributed by atoms with Crippen molar-refractivity contribution in [3.05, 3.63) is 86.2 Å². The molecule has 6 heteroatoms. The molecule has 0 spiro atoms. The van der Waals surface area contributed by atoms with Crippen molar-refractivity contribution in [1.82, 2.24) is 0 Å². The first kappa shape index (κ1) is 18.7. The largest absolute Gasteiger partial charge is 0.350 e. The molecule has 0 unspecified atom stereocenters. The average molecular weight is 453 g/mol. The van der Waals surface area contributed by atoms with Crippen LogP contribution in [0.25, 0.3) is 5.57 Å². The molecule has 0 radical (unpaired) electrons. The van der Waals surface area contributed by atoms with E-state index in [1.807, 2.05) is 55.6 Å². The van der Waals surface area contributed by atoms with Gasteiger partial charge in [-0.3, -0.25) is 9.59 Å². The van der Waals surface area contributed by atoms with E-state index in [4.69, 9.17) is 0 Å². The number of imide groups is 1. The van der Waals surface area contributed by atoms with Crippen LogP contribution in [0.15, 0.2) is 70.1 Å². The summed E-state index contributed by atoms with van der Waals surface area (Å²) in [5.74, 6) is -0.679. The van der Waals surface area contributed by atoms with Crippen LogP contribution in [0.2, 0.25) is 0 Å². The third kappa shape index (κ3) is 3.30. The molecular weight excluding hydrogens is 436 g/mol. The van der Waals surface area contributed by atoms with Crippen molar-refractivity contribution in [2.75, 3.05) is 10.2 Å². The highest BCUT2D eigenvalue weighted by Gasteiger charge is 2.40. The molecule has 0 fully saturated rings. The summed E-state index contributed by atoms with van der Waals surface area (Å²) in [4.78, 5) is 28.5. The van der Waals surface area contributed by atoms with E-state index in [0.29, 0.717) is 17.0 Å². The van der Waals surface area contributed by atoms with E-state index < -0.39 is 0 Å². The third-order valence-corrected chi connectivity index (χ3v) is 6.07. The summed E-state index contributed by atoms with van der Waals surface area (Å²) in [6.07, 6.45) is 0. The molecule has 2 heterocycles. The van der Waals surface area contributed by atoms with E-state index in [1.165, 1.54) is 21.8 Å². The molecule has 3 aromatic rings. The molecule has 4 nitrogen and oxygen atoms in total. The highest BCUT2D eigenvalue weighted by atomic mass is 79.9. The summed E-state index contributed by atoms with van der Waals surface area (Å²) in [7, 11) is 0. The molecule has 0 bridgehead atoms. The van der Waals surface area contributed by atoms with Crippen molar-refractivity contribution in [3.8, 4) is 0 Å². The molecule has 1 N–H and O–H groups in total. The van der Waals surface area contributed by atoms with Gasteiger partial charge in [0.1, 0.15) is 5.70 Å². The lowest BCUT2D eigenvalue weighted by molar-refractivity contribution is -0.120. The summed E-state index contributed by atoms with van der Waals surface area (Å²) < 4.78 is 0.804. The van der Waals surface area contributed by atoms with Crippen molar-refractivity contribution in [2.24, 2.45) is 0 Å². The molecule has 28 heavy (non-hydrogen) atoms. The van der Waals surface area contributed by atoms with Gasteiger partial charge in [-0.15, -0.1) is 11.3 Å². The highest BCUT2D eigenvalue weighted by Crippen LogP contribution is 2.36. The van der Waals surface area contributed by atoms with Crippen molar-refractivity contribution in [2.45, 2.75) is 13.8 Å². The second-order valence-electron chi connectivity index (χ2n) is 6.58. The standard InChI is InChI=1S/C22H17BrN2O2S/c1-13-8-9-16(11-14(13)2)24-20-19(18-7-4-10-28-18)21(26)25(22(20)27)17-6-3-5-15(23)12-17/h3-12,24H,1-2H3. The maximum atomic E-state index is 13.3. The fourth-order valence-corrected chi connectivity index (χ4v) is 4.26. The number of thiophene rings is 1. The van der Waals surface area contributed by atoms with Gasteiger partial charge in [-0.25, -0.2) is 4.90 Å². The van der Waals surface area contributed by atoms with E-state index >= 15 is 0 Å². The maximum Gasteiger partial charge on any atom is 0.282 e. The lowest BCUT2D eigenvalue weighted by Gasteiger charge is -2.15. The van der Waals surface area contributed by atoms with Gasteiger partial charge in [0.15, 0.2) is 0 Å². The van der Waals surface area contributed by atoms with Gasteiger partial charge in [0.2, 0.25) is 0 Å². The predicted molar refractivity (Wildman–Crippen MR) is 117 cm³/mol. The Balaban J connectivity index is 1.80. The van der Waals surface area contributed by atoms with E-state index in [1.54, 1.807) is 18.2 Å². The first-order chi connectivity index (χ1) is 13.5. The molecule has 4 rings (SSSR count). The molecule has 1 aliphatic heterocycles. The van der Waals surface area contributed by atoms with Crippen LogP contribution in [-0.4, -0.2) is 11.8 Å². The van der Waals surface area contributed by atoms with E-state index in [-0.39, 0.29) is 11.8 Å². The van der Waals surface area contributed by atoms with Gasteiger partial charge in [-0.1, -0.05) is 34.1 Å². The van der Waals surface area contributed by atoms with E-state index in [9.17, 15) is 9.59 Å². The van der Waals surface area contributed by atoms with Gasteiger partial charge in [-0.05, 0) is 66.8 Å². The van der Waals surface area contributed by atoms with Crippen LogP contribution in [0.5, 0.6) is 0 Å². The number of carbonyl (C=O) groups excluding carboxylic acids is 2. The van der Waals surface area contributed by atoms with Crippen LogP contribution in [0, 0.1) is 13.8 Å². The monoisotopic (exact) mass is 452 g/mol. The number of benzene rings is 2. The van der Waals surface area contributed by atoms with Gasteiger partial charge in [-0.2, -0.15) is 0 Å². The molecule has 140 valence electrons. The Bertz CT molecular complexity index is 1120. The second kappa shape index (κ2) is 7.37. The Morgan fingerprint density at radius 3 is 2.43 bits per heavy atom.